The summed E-state index contributed by atoms with van der Waals surface area (Å²) in [6.07, 6.45) is 4.57. The lowest BCUT2D eigenvalue weighted by molar-refractivity contribution is -0.140. The fourth-order valence-corrected chi connectivity index (χ4v) is 4.91. The van der Waals surface area contributed by atoms with E-state index in [4.69, 9.17) is 4.52 Å². The minimum atomic E-state index is -0.720. The first-order valence-corrected chi connectivity index (χ1v) is 12.4. The molecule has 1 saturated carbocycles. The molecule has 1 aliphatic rings. The molecule has 5 rings (SSSR count). The number of aromatic nitrogens is 1. The van der Waals surface area contributed by atoms with E-state index in [0.717, 1.165) is 65.8 Å². The molecule has 1 unspecified atom stereocenters. The number of carboxylic acid groups (broad SMARTS) is 1. The van der Waals surface area contributed by atoms with Gasteiger partial charge >= 0.3 is 5.97 Å². The molecular weight excluding hydrogens is 434 g/mol. The quantitative estimate of drug-likeness (QED) is 0.283. The average molecular weight is 466 g/mol. The number of nitrogens with zero attached hydrogens (tertiary/aromatic N) is 1. The summed E-state index contributed by atoms with van der Waals surface area (Å²) in [4.78, 5) is 11.6. The summed E-state index contributed by atoms with van der Waals surface area (Å²) in [7, 11) is 0. The molecule has 0 aliphatic heterocycles. The number of aliphatic carboxylic acids is 1. The lowest BCUT2D eigenvalue weighted by Gasteiger charge is -2.12. The number of benzene rings is 3. The highest BCUT2D eigenvalue weighted by atomic mass is 16.5. The Morgan fingerprint density at radius 3 is 2.14 bits per heavy atom. The van der Waals surface area contributed by atoms with Gasteiger partial charge in [0.2, 0.25) is 0 Å². The van der Waals surface area contributed by atoms with Crippen molar-refractivity contribution < 1.29 is 14.4 Å². The zero-order valence-corrected chi connectivity index (χ0v) is 20.3. The first kappa shape index (κ1) is 23.1. The fourth-order valence-electron chi connectivity index (χ4n) is 4.91. The number of carbonyl (C=O) groups is 1. The van der Waals surface area contributed by atoms with Crippen LogP contribution in [0, 0.1) is 12.8 Å². The van der Waals surface area contributed by atoms with Crippen LogP contribution in [-0.2, 0) is 23.1 Å². The number of rotatable bonds is 9. The van der Waals surface area contributed by atoms with Gasteiger partial charge in [-0.05, 0) is 67.2 Å². The van der Waals surface area contributed by atoms with Gasteiger partial charge in [0.1, 0.15) is 0 Å². The summed E-state index contributed by atoms with van der Waals surface area (Å²) < 4.78 is 5.77. The number of aryl methyl sites for hydroxylation is 2. The summed E-state index contributed by atoms with van der Waals surface area (Å²) in [6.45, 7) is 4.31. The third kappa shape index (κ3) is 4.79. The van der Waals surface area contributed by atoms with E-state index in [1.165, 1.54) is 11.1 Å². The van der Waals surface area contributed by atoms with Gasteiger partial charge in [0, 0.05) is 11.1 Å². The van der Waals surface area contributed by atoms with Crippen LogP contribution in [0.15, 0.2) is 83.4 Å². The maximum atomic E-state index is 11.6. The van der Waals surface area contributed by atoms with E-state index in [1.807, 2.05) is 31.2 Å². The molecule has 1 aromatic heterocycles. The summed E-state index contributed by atoms with van der Waals surface area (Å²) in [5, 5.41) is 13.8. The van der Waals surface area contributed by atoms with Gasteiger partial charge in [-0.25, -0.2) is 0 Å². The molecule has 0 spiro atoms. The number of hydrogen-bond acceptors (Lipinski definition) is 3. The van der Waals surface area contributed by atoms with E-state index >= 15 is 0 Å². The molecule has 1 atom stereocenters. The maximum Gasteiger partial charge on any atom is 0.314 e. The van der Waals surface area contributed by atoms with Crippen LogP contribution in [0.25, 0.3) is 22.5 Å². The second kappa shape index (κ2) is 9.53. The van der Waals surface area contributed by atoms with Gasteiger partial charge in [-0.2, -0.15) is 0 Å². The Labute approximate surface area is 206 Å². The van der Waals surface area contributed by atoms with Crippen molar-refractivity contribution in [2.75, 3.05) is 0 Å². The molecule has 4 nitrogen and oxygen atoms in total. The molecule has 0 amide bonds. The van der Waals surface area contributed by atoms with Crippen molar-refractivity contribution in [3.8, 4) is 22.5 Å². The molecule has 0 bridgehead atoms. The van der Waals surface area contributed by atoms with Crippen molar-refractivity contribution >= 4 is 5.97 Å². The molecule has 0 saturated heterocycles. The topological polar surface area (TPSA) is 63.3 Å². The Morgan fingerprint density at radius 1 is 0.943 bits per heavy atom. The first-order valence-electron chi connectivity index (χ1n) is 12.4. The van der Waals surface area contributed by atoms with E-state index in [0.29, 0.717) is 5.92 Å². The third-order valence-electron chi connectivity index (χ3n) is 7.38. The van der Waals surface area contributed by atoms with Crippen molar-refractivity contribution in [3.05, 3.63) is 101 Å². The van der Waals surface area contributed by atoms with Crippen LogP contribution in [0.2, 0.25) is 0 Å². The van der Waals surface area contributed by atoms with Crippen molar-refractivity contribution in [2.45, 2.75) is 51.4 Å². The van der Waals surface area contributed by atoms with E-state index in [9.17, 15) is 9.90 Å². The van der Waals surface area contributed by atoms with E-state index in [2.05, 4.69) is 66.7 Å². The van der Waals surface area contributed by atoms with Crippen molar-refractivity contribution in [2.24, 2.45) is 5.92 Å². The minimum Gasteiger partial charge on any atom is -0.481 e. The van der Waals surface area contributed by atoms with Crippen molar-refractivity contribution in [1.29, 1.82) is 0 Å². The molecular formula is C31H31NO3. The predicted octanol–water partition coefficient (Wildman–Crippen LogP) is 7.24. The standard InChI is InChI=1S/C31H31NO3/c1-21(8-9-23-6-4-3-5-7-23)20-28-22(2)32-35-29(28)26-12-10-24(11-13-26)25-14-16-27(17-15-25)31(18-19-31)30(33)34/h3-7,10-17,21H,8-9,18-20H2,1-2H3,(H,33,34). The van der Waals surface area contributed by atoms with Crippen LogP contribution in [0.1, 0.15) is 48.6 Å². The Bertz CT molecular complexity index is 1300. The second-order valence-electron chi connectivity index (χ2n) is 9.95. The molecule has 1 fully saturated rings. The molecule has 4 heteroatoms. The number of carboxylic acids is 1. The van der Waals surface area contributed by atoms with Crippen molar-refractivity contribution in [3.63, 3.8) is 0 Å². The van der Waals surface area contributed by atoms with Crippen LogP contribution in [0.3, 0.4) is 0 Å². The summed E-state index contributed by atoms with van der Waals surface area (Å²) in [5.41, 5.74) is 6.94. The zero-order valence-electron chi connectivity index (χ0n) is 20.3. The Kier molecular flexibility index (Phi) is 6.29. The van der Waals surface area contributed by atoms with Crippen molar-refractivity contribution in [1.82, 2.24) is 5.16 Å². The highest BCUT2D eigenvalue weighted by molar-refractivity contribution is 5.85. The summed E-state index contributed by atoms with van der Waals surface area (Å²) >= 11 is 0. The SMILES string of the molecule is Cc1noc(-c2ccc(-c3ccc(C4(C(=O)O)CC4)cc3)cc2)c1CC(C)CCc1ccccc1. The highest BCUT2D eigenvalue weighted by Crippen LogP contribution is 2.48. The average Bonchev–Trinajstić information content (AvgIpc) is 3.63. The fraction of sp³-hybridized carbons (Fsp3) is 0.290. The normalized spacial score (nSPS) is 15.0. The molecule has 1 aliphatic carbocycles. The Hall–Kier alpha value is -3.66. The van der Waals surface area contributed by atoms with Gasteiger partial charge in [-0.1, -0.05) is 90.9 Å². The molecule has 178 valence electrons. The first-order chi connectivity index (χ1) is 17.0. The summed E-state index contributed by atoms with van der Waals surface area (Å²) in [5.74, 6) is 0.653. The minimum absolute atomic E-state index is 0.519. The van der Waals surface area contributed by atoms with Crippen LogP contribution >= 0.6 is 0 Å². The molecule has 0 radical (unpaired) electrons. The Balaban J connectivity index is 1.29. The third-order valence-corrected chi connectivity index (χ3v) is 7.38. The van der Waals surface area contributed by atoms with Gasteiger partial charge in [0.15, 0.2) is 5.76 Å². The molecule has 35 heavy (non-hydrogen) atoms. The van der Waals surface area contributed by atoms with Gasteiger partial charge < -0.3 is 9.63 Å². The zero-order chi connectivity index (χ0) is 24.4. The van der Waals surface area contributed by atoms with Crippen LogP contribution in [0.4, 0.5) is 0 Å². The molecule has 4 aromatic rings. The smallest absolute Gasteiger partial charge is 0.314 e. The molecule has 1 heterocycles. The van der Waals surface area contributed by atoms with Gasteiger partial charge in [0.25, 0.3) is 0 Å². The van der Waals surface area contributed by atoms with Crippen LogP contribution in [-0.4, -0.2) is 16.2 Å². The molecule has 1 N–H and O–H groups in total. The summed E-state index contributed by atoms with van der Waals surface area (Å²) in [6, 6.07) is 26.9. The lowest BCUT2D eigenvalue weighted by Crippen LogP contribution is -2.19. The van der Waals surface area contributed by atoms with E-state index in [1.54, 1.807) is 0 Å². The molecule has 3 aromatic carbocycles. The second-order valence-corrected chi connectivity index (χ2v) is 9.95. The monoisotopic (exact) mass is 465 g/mol. The van der Waals surface area contributed by atoms with Gasteiger partial charge in [0.05, 0.1) is 11.1 Å². The highest BCUT2D eigenvalue weighted by Gasteiger charge is 2.51. The maximum absolute atomic E-state index is 11.6. The van der Waals surface area contributed by atoms with Crippen LogP contribution < -0.4 is 0 Å². The van der Waals surface area contributed by atoms with E-state index < -0.39 is 11.4 Å². The van der Waals surface area contributed by atoms with Gasteiger partial charge in [-0.15, -0.1) is 0 Å². The predicted molar refractivity (Wildman–Crippen MR) is 138 cm³/mol. The van der Waals surface area contributed by atoms with Gasteiger partial charge in [-0.3, -0.25) is 4.79 Å². The largest absolute Gasteiger partial charge is 0.481 e. The van der Waals surface area contributed by atoms with Crippen LogP contribution in [0.5, 0.6) is 0 Å². The lowest BCUT2D eigenvalue weighted by atomic mass is 9.91. The van der Waals surface area contributed by atoms with E-state index in [-0.39, 0.29) is 0 Å². The number of hydrogen-bond donors (Lipinski definition) is 1. The Morgan fingerprint density at radius 2 is 1.54 bits per heavy atom.